The zero-order valence-corrected chi connectivity index (χ0v) is 10.5. The summed E-state index contributed by atoms with van der Waals surface area (Å²) in [7, 11) is 0. The Labute approximate surface area is 103 Å². The molecular formula is C12H14BrFO2. The Hall–Kier alpha value is -0.450. The van der Waals surface area contributed by atoms with E-state index in [2.05, 4.69) is 15.9 Å². The van der Waals surface area contributed by atoms with Crippen LogP contribution in [0, 0.1) is 5.82 Å². The van der Waals surface area contributed by atoms with Gasteiger partial charge in [-0.1, -0.05) is 22.0 Å². The molecule has 1 aliphatic heterocycles. The van der Waals surface area contributed by atoms with Crippen molar-refractivity contribution in [3.8, 4) is 0 Å². The first-order chi connectivity index (χ1) is 7.75. The lowest BCUT2D eigenvalue weighted by atomic mass is 10.1. The van der Waals surface area contributed by atoms with Gasteiger partial charge in [0.15, 0.2) is 0 Å². The van der Waals surface area contributed by atoms with Gasteiger partial charge in [-0.05, 0) is 30.5 Å². The molecule has 88 valence electrons. The van der Waals surface area contributed by atoms with Crippen molar-refractivity contribution in [2.24, 2.45) is 0 Å². The minimum atomic E-state index is -0.235. The van der Waals surface area contributed by atoms with Crippen molar-refractivity contribution in [1.82, 2.24) is 0 Å². The Bertz CT molecular complexity index is 351. The van der Waals surface area contributed by atoms with Gasteiger partial charge in [0.2, 0.25) is 0 Å². The highest BCUT2D eigenvalue weighted by molar-refractivity contribution is 9.10. The molecule has 2 nitrogen and oxygen atoms in total. The molecule has 16 heavy (non-hydrogen) atoms. The fourth-order valence-corrected chi connectivity index (χ4v) is 2.15. The monoisotopic (exact) mass is 288 g/mol. The van der Waals surface area contributed by atoms with Crippen LogP contribution in [0.5, 0.6) is 0 Å². The summed E-state index contributed by atoms with van der Waals surface area (Å²) >= 11 is 3.33. The third-order valence-corrected chi connectivity index (χ3v) is 3.40. The van der Waals surface area contributed by atoms with Gasteiger partial charge in [-0.15, -0.1) is 0 Å². The molecule has 0 saturated carbocycles. The Morgan fingerprint density at radius 1 is 1.38 bits per heavy atom. The van der Waals surface area contributed by atoms with Crippen LogP contribution in [0.1, 0.15) is 18.4 Å². The highest BCUT2D eigenvalue weighted by Crippen LogP contribution is 2.20. The summed E-state index contributed by atoms with van der Waals surface area (Å²) in [6.45, 7) is 2.07. The molecule has 4 heteroatoms. The Morgan fingerprint density at radius 3 is 2.81 bits per heavy atom. The van der Waals surface area contributed by atoms with Gasteiger partial charge in [-0.25, -0.2) is 4.39 Å². The van der Waals surface area contributed by atoms with E-state index in [0.29, 0.717) is 6.61 Å². The van der Waals surface area contributed by atoms with Crippen LogP contribution in [0.25, 0.3) is 0 Å². The lowest BCUT2D eigenvalue weighted by Crippen LogP contribution is -2.23. The smallest absolute Gasteiger partial charge is 0.124 e. The number of hydrogen-bond donors (Lipinski definition) is 0. The van der Waals surface area contributed by atoms with Crippen molar-refractivity contribution in [2.45, 2.75) is 25.6 Å². The van der Waals surface area contributed by atoms with Gasteiger partial charge in [0.1, 0.15) is 5.82 Å². The van der Waals surface area contributed by atoms with Crippen molar-refractivity contribution >= 4 is 15.9 Å². The van der Waals surface area contributed by atoms with E-state index in [1.54, 1.807) is 6.07 Å². The molecule has 1 aromatic rings. The third-order valence-electron chi connectivity index (χ3n) is 2.66. The van der Waals surface area contributed by atoms with E-state index in [1.807, 2.05) is 0 Å². The van der Waals surface area contributed by atoms with Crippen LogP contribution in [0.4, 0.5) is 4.39 Å². The van der Waals surface area contributed by atoms with Crippen molar-refractivity contribution < 1.29 is 13.9 Å². The zero-order valence-electron chi connectivity index (χ0n) is 8.92. The van der Waals surface area contributed by atoms with Gasteiger partial charge >= 0.3 is 0 Å². The number of halogens is 2. The normalized spacial score (nSPS) is 17.6. The molecule has 0 amide bonds. The molecule has 0 radical (unpaired) electrons. The molecule has 1 saturated heterocycles. The molecule has 1 heterocycles. The molecule has 0 spiro atoms. The summed E-state index contributed by atoms with van der Waals surface area (Å²) in [6.07, 6.45) is 2.16. The van der Waals surface area contributed by atoms with E-state index in [-0.39, 0.29) is 11.9 Å². The molecule has 0 N–H and O–H groups in total. The molecule has 2 rings (SSSR count). The van der Waals surface area contributed by atoms with E-state index >= 15 is 0 Å². The average Bonchev–Trinajstić information content (AvgIpc) is 2.29. The summed E-state index contributed by atoms with van der Waals surface area (Å²) in [5, 5.41) is 0. The van der Waals surface area contributed by atoms with Crippen LogP contribution in [0.15, 0.2) is 22.7 Å². The minimum Gasteiger partial charge on any atom is -0.381 e. The average molecular weight is 289 g/mol. The maximum atomic E-state index is 12.9. The largest absolute Gasteiger partial charge is 0.381 e. The maximum Gasteiger partial charge on any atom is 0.124 e. The van der Waals surface area contributed by atoms with E-state index in [4.69, 9.17) is 9.47 Å². The second kappa shape index (κ2) is 5.75. The first-order valence-electron chi connectivity index (χ1n) is 5.39. The predicted octanol–water partition coefficient (Wildman–Crippen LogP) is 3.28. The minimum absolute atomic E-state index is 0.235. The fourth-order valence-electron chi connectivity index (χ4n) is 1.69. The van der Waals surface area contributed by atoms with E-state index < -0.39 is 0 Å². The van der Waals surface area contributed by atoms with Gasteiger partial charge in [0, 0.05) is 17.7 Å². The van der Waals surface area contributed by atoms with Crippen molar-refractivity contribution in [1.29, 1.82) is 0 Å². The van der Waals surface area contributed by atoms with Crippen molar-refractivity contribution in [2.75, 3.05) is 13.2 Å². The lowest BCUT2D eigenvalue weighted by molar-refractivity contribution is -0.0392. The number of ether oxygens (including phenoxy) is 2. The zero-order chi connectivity index (χ0) is 11.4. The maximum absolute atomic E-state index is 12.9. The third kappa shape index (κ3) is 3.27. The molecule has 0 aromatic heterocycles. The van der Waals surface area contributed by atoms with Crippen LogP contribution in [0.2, 0.25) is 0 Å². The fraction of sp³-hybridized carbons (Fsp3) is 0.500. The van der Waals surface area contributed by atoms with Crippen LogP contribution < -0.4 is 0 Å². The molecule has 1 fully saturated rings. The van der Waals surface area contributed by atoms with Gasteiger partial charge in [-0.2, -0.15) is 0 Å². The van der Waals surface area contributed by atoms with E-state index in [9.17, 15) is 4.39 Å². The van der Waals surface area contributed by atoms with Crippen molar-refractivity contribution in [3.05, 3.63) is 34.1 Å². The quantitative estimate of drug-likeness (QED) is 0.850. The van der Waals surface area contributed by atoms with Crippen molar-refractivity contribution in [3.63, 3.8) is 0 Å². The molecule has 0 aliphatic carbocycles. The van der Waals surface area contributed by atoms with E-state index in [1.165, 1.54) is 12.1 Å². The predicted molar refractivity (Wildman–Crippen MR) is 62.7 cm³/mol. The molecule has 0 bridgehead atoms. The second-order valence-corrected chi connectivity index (χ2v) is 4.71. The van der Waals surface area contributed by atoms with Crippen LogP contribution in [-0.4, -0.2) is 19.3 Å². The standard InChI is InChI=1S/C12H14BrFO2/c13-12-7-10(14)2-1-9(12)8-16-11-3-5-15-6-4-11/h1-2,7,11H,3-6,8H2. The Kier molecular flexibility index (Phi) is 4.32. The van der Waals surface area contributed by atoms with Gasteiger partial charge in [0.05, 0.1) is 12.7 Å². The van der Waals surface area contributed by atoms with Crippen LogP contribution >= 0.6 is 15.9 Å². The summed E-state index contributed by atoms with van der Waals surface area (Å²) < 4.78 is 24.6. The second-order valence-electron chi connectivity index (χ2n) is 3.86. The molecular weight excluding hydrogens is 275 g/mol. The summed E-state index contributed by atoms with van der Waals surface area (Å²) in [6, 6.07) is 4.66. The number of rotatable bonds is 3. The molecule has 0 atom stereocenters. The molecule has 1 aromatic carbocycles. The highest BCUT2D eigenvalue weighted by atomic mass is 79.9. The Morgan fingerprint density at radius 2 is 2.12 bits per heavy atom. The summed E-state index contributed by atoms with van der Waals surface area (Å²) in [5.41, 5.74) is 0.980. The number of benzene rings is 1. The molecule has 0 unspecified atom stereocenters. The Balaban J connectivity index is 1.88. The van der Waals surface area contributed by atoms with Crippen LogP contribution in [0.3, 0.4) is 0 Å². The lowest BCUT2D eigenvalue weighted by Gasteiger charge is -2.22. The topological polar surface area (TPSA) is 18.5 Å². The van der Waals surface area contributed by atoms with Gasteiger partial charge in [0.25, 0.3) is 0 Å². The van der Waals surface area contributed by atoms with Gasteiger partial charge < -0.3 is 9.47 Å². The van der Waals surface area contributed by atoms with Crippen LogP contribution in [-0.2, 0) is 16.1 Å². The van der Waals surface area contributed by atoms with Gasteiger partial charge in [-0.3, -0.25) is 0 Å². The molecule has 1 aliphatic rings. The summed E-state index contributed by atoms with van der Waals surface area (Å²) in [5.74, 6) is -0.235. The SMILES string of the molecule is Fc1ccc(COC2CCOCC2)c(Br)c1. The number of hydrogen-bond acceptors (Lipinski definition) is 2. The first kappa shape index (κ1) is 12.0. The highest BCUT2D eigenvalue weighted by Gasteiger charge is 2.14. The summed E-state index contributed by atoms with van der Waals surface area (Å²) in [4.78, 5) is 0. The van der Waals surface area contributed by atoms with E-state index in [0.717, 1.165) is 36.1 Å². The first-order valence-corrected chi connectivity index (χ1v) is 6.18.